The van der Waals surface area contributed by atoms with Crippen LogP contribution in [-0.2, 0) is 0 Å². The molecule has 2 aromatic rings. The Hall–Kier alpha value is -2.59. The summed E-state index contributed by atoms with van der Waals surface area (Å²) in [5.74, 6) is 1.07. The van der Waals surface area contributed by atoms with Crippen LogP contribution in [0, 0.1) is 0 Å². The lowest BCUT2D eigenvalue weighted by Crippen LogP contribution is -2.44. The molecule has 2 aromatic carbocycles. The van der Waals surface area contributed by atoms with E-state index in [9.17, 15) is 4.79 Å². The molecule has 2 aliphatic rings. The summed E-state index contributed by atoms with van der Waals surface area (Å²) in [7, 11) is 3.84. The van der Waals surface area contributed by atoms with Crippen LogP contribution < -0.4 is 9.64 Å². The first-order chi connectivity index (χ1) is 13.1. The first kappa shape index (κ1) is 17.8. The van der Waals surface area contributed by atoms with Crippen molar-refractivity contribution in [3.05, 3.63) is 59.2 Å². The van der Waals surface area contributed by atoms with Crippen LogP contribution in [0.3, 0.4) is 0 Å². The van der Waals surface area contributed by atoms with Gasteiger partial charge in [0.1, 0.15) is 5.75 Å². The van der Waals surface area contributed by atoms with Crippen molar-refractivity contribution in [3.63, 3.8) is 0 Å². The highest BCUT2D eigenvalue weighted by Gasteiger charge is 2.20. The Morgan fingerprint density at radius 2 is 1.78 bits per heavy atom. The van der Waals surface area contributed by atoms with Gasteiger partial charge in [-0.3, -0.25) is 4.79 Å². The molecule has 0 amide bonds. The summed E-state index contributed by atoms with van der Waals surface area (Å²) in [6, 6.07) is 14.4. The Labute approximate surface area is 161 Å². The molecule has 0 spiro atoms. The fraction of sp³-hybridized carbons (Fsp3) is 0.348. The van der Waals surface area contributed by atoms with Crippen LogP contribution in [-0.4, -0.2) is 51.0 Å². The van der Waals surface area contributed by atoms with Crippen molar-refractivity contribution in [3.8, 4) is 5.75 Å². The van der Waals surface area contributed by atoms with Crippen LogP contribution in [0.2, 0.25) is 0 Å². The SMILES string of the molecule is COc1cccc(C2=Cc3ccc(N4CCN(C)CC4)cc3C(=O)CC2)c1. The molecule has 0 radical (unpaired) electrons. The largest absolute Gasteiger partial charge is 0.497 e. The quantitative estimate of drug-likeness (QED) is 0.827. The number of likely N-dealkylation sites (N-methyl/N-ethyl adjacent to an activating group) is 1. The Bertz CT molecular complexity index is 880. The monoisotopic (exact) mass is 362 g/mol. The van der Waals surface area contributed by atoms with Gasteiger partial charge < -0.3 is 14.5 Å². The highest BCUT2D eigenvalue weighted by Crippen LogP contribution is 2.32. The van der Waals surface area contributed by atoms with E-state index in [-0.39, 0.29) is 5.78 Å². The molecule has 0 bridgehead atoms. The smallest absolute Gasteiger partial charge is 0.163 e. The molecule has 1 aliphatic heterocycles. The number of carbonyl (C=O) groups excluding carboxylic acids is 1. The van der Waals surface area contributed by atoms with Crippen molar-refractivity contribution in [2.75, 3.05) is 45.2 Å². The van der Waals surface area contributed by atoms with Crippen LogP contribution in [0.25, 0.3) is 11.6 Å². The lowest BCUT2D eigenvalue weighted by molar-refractivity contribution is 0.0985. The second-order valence-corrected chi connectivity index (χ2v) is 7.39. The number of rotatable bonds is 3. The van der Waals surface area contributed by atoms with E-state index in [1.54, 1.807) is 7.11 Å². The van der Waals surface area contributed by atoms with Gasteiger partial charge in [0.2, 0.25) is 0 Å². The Morgan fingerprint density at radius 3 is 2.56 bits per heavy atom. The van der Waals surface area contributed by atoms with E-state index in [4.69, 9.17) is 4.74 Å². The molecule has 1 fully saturated rings. The van der Waals surface area contributed by atoms with Gasteiger partial charge in [-0.25, -0.2) is 0 Å². The topological polar surface area (TPSA) is 32.8 Å². The molecule has 0 N–H and O–H groups in total. The second kappa shape index (κ2) is 7.57. The van der Waals surface area contributed by atoms with E-state index in [0.29, 0.717) is 6.42 Å². The van der Waals surface area contributed by atoms with Crippen molar-refractivity contribution < 1.29 is 9.53 Å². The van der Waals surface area contributed by atoms with Crippen LogP contribution >= 0.6 is 0 Å². The Morgan fingerprint density at radius 1 is 0.963 bits per heavy atom. The van der Waals surface area contributed by atoms with Crippen molar-refractivity contribution >= 4 is 23.1 Å². The standard InChI is InChI=1S/C23H26N2O2/c1-24-10-12-25(13-11-24)20-8-6-19-14-18(7-9-23(26)22(19)16-20)17-4-3-5-21(15-17)27-2/h3-6,8,14-16H,7,9-13H2,1-2H3. The number of methoxy groups -OCH3 is 1. The van der Waals surface area contributed by atoms with E-state index in [0.717, 1.165) is 60.7 Å². The van der Waals surface area contributed by atoms with E-state index in [1.165, 1.54) is 5.57 Å². The summed E-state index contributed by atoms with van der Waals surface area (Å²) in [5.41, 5.74) is 5.34. The maximum atomic E-state index is 12.8. The third-order valence-corrected chi connectivity index (χ3v) is 5.60. The number of hydrogen-bond donors (Lipinski definition) is 0. The van der Waals surface area contributed by atoms with E-state index in [2.05, 4.69) is 47.2 Å². The number of benzene rings is 2. The molecule has 4 rings (SSSR count). The maximum Gasteiger partial charge on any atom is 0.163 e. The summed E-state index contributed by atoms with van der Waals surface area (Å²) in [5, 5.41) is 0. The maximum absolute atomic E-state index is 12.8. The van der Waals surface area contributed by atoms with Crippen LogP contribution in [0.5, 0.6) is 5.75 Å². The van der Waals surface area contributed by atoms with Gasteiger partial charge in [0.15, 0.2) is 5.78 Å². The molecule has 140 valence electrons. The summed E-state index contributed by atoms with van der Waals surface area (Å²) >= 11 is 0. The van der Waals surface area contributed by atoms with Gasteiger partial charge in [-0.05, 0) is 54.4 Å². The minimum atomic E-state index is 0.232. The third kappa shape index (κ3) is 3.76. The zero-order chi connectivity index (χ0) is 18.8. The molecule has 27 heavy (non-hydrogen) atoms. The normalized spacial score (nSPS) is 17.9. The summed E-state index contributed by atoms with van der Waals surface area (Å²) in [6.07, 6.45) is 3.47. The number of piperazine rings is 1. The fourth-order valence-electron chi connectivity index (χ4n) is 3.87. The number of ether oxygens (including phenoxy) is 1. The number of hydrogen-bond acceptors (Lipinski definition) is 4. The number of carbonyl (C=O) groups is 1. The molecular formula is C23H26N2O2. The Kier molecular flexibility index (Phi) is 4.99. The van der Waals surface area contributed by atoms with Crippen LogP contribution in [0.1, 0.15) is 34.3 Å². The highest BCUT2D eigenvalue weighted by molar-refractivity contribution is 6.04. The molecule has 1 saturated heterocycles. The lowest BCUT2D eigenvalue weighted by Gasteiger charge is -2.34. The molecular weight excluding hydrogens is 336 g/mol. The number of fused-ring (bicyclic) bond motifs is 1. The minimum absolute atomic E-state index is 0.232. The molecule has 0 saturated carbocycles. The van der Waals surface area contributed by atoms with Crippen LogP contribution in [0.4, 0.5) is 5.69 Å². The number of nitrogens with zero attached hydrogens (tertiary/aromatic N) is 2. The fourth-order valence-corrected chi connectivity index (χ4v) is 3.87. The summed E-state index contributed by atoms with van der Waals surface area (Å²) in [4.78, 5) is 17.5. The van der Waals surface area contributed by atoms with Crippen molar-refractivity contribution in [1.29, 1.82) is 0 Å². The van der Waals surface area contributed by atoms with Gasteiger partial charge >= 0.3 is 0 Å². The van der Waals surface area contributed by atoms with E-state index < -0.39 is 0 Å². The van der Waals surface area contributed by atoms with Crippen molar-refractivity contribution in [2.24, 2.45) is 0 Å². The average Bonchev–Trinajstić information content (AvgIpc) is 2.87. The van der Waals surface area contributed by atoms with Crippen molar-refractivity contribution in [1.82, 2.24) is 4.90 Å². The third-order valence-electron chi connectivity index (χ3n) is 5.60. The molecule has 0 atom stereocenters. The molecule has 4 nitrogen and oxygen atoms in total. The lowest BCUT2D eigenvalue weighted by atomic mass is 10.00. The van der Waals surface area contributed by atoms with E-state index in [1.807, 2.05) is 18.2 Å². The first-order valence-corrected chi connectivity index (χ1v) is 9.60. The summed E-state index contributed by atoms with van der Waals surface area (Å²) < 4.78 is 5.35. The second-order valence-electron chi connectivity index (χ2n) is 7.39. The number of ketones is 1. The molecule has 1 heterocycles. The molecule has 0 unspecified atom stereocenters. The number of allylic oxidation sites excluding steroid dienone is 1. The average molecular weight is 362 g/mol. The Balaban J connectivity index is 1.67. The van der Waals surface area contributed by atoms with Gasteiger partial charge in [-0.1, -0.05) is 24.3 Å². The molecule has 4 heteroatoms. The van der Waals surface area contributed by atoms with Gasteiger partial charge in [0, 0.05) is 43.9 Å². The molecule has 0 aromatic heterocycles. The summed E-state index contributed by atoms with van der Waals surface area (Å²) in [6.45, 7) is 4.14. The van der Waals surface area contributed by atoms with Gasteiger partial charge in [-0.2, -0.15) is 0 Å². The van der Waals surface area contributed by atoms with Gasteiger partial charge in [-0.15, -0.1) is 0 Å². The zero-order valence-electron chi connectivity index (χ0n) is 16.1. The highest BCUT2D eigenvalue weighted by atomic mass is 16.5. The van der Waals surface area contributed by atoms with Crippen LogP contribution in [0.15, 0.2) is 42.5 Å². The predicted molar refractivity (Wildman–Crippen MR) is 111 cm³/mol. The van der Waals surface area contributed by atoms with E-state index >= 15 is 0 Å². The zero-order valence-corrected chi connectivity index (χ0v) is 16.1. The molecule has 1 aliphatic carbocycles. The van der Waals surface area contributed by atoms with Gasteiger partial charge in [0.05, 0.1) is 7.11 Å². The van der Waals surface area contributed by atoms with Crippen molar-refractivity contribution in [2.45, 2.75) is 12.8 Å². The van der Waals surface area contributed by atoms with Gasteiger partial charge in [0.25, 0.3) is 0 Å². The number of anilines is 1. The predicted octanol–water partition coefficient (Wildman–Crippen LogP) is 3.96. The number of Topliss-reactive ketones (excluding diaryl/α,β-unsaturated/α-hetero) is 1. The minimum Gasteiger partial charge on any atom is -0.497 e. The first-order valence-electron chi connectivity index (χ1n) is 9.60.